The van der Waals surface area contributed by atoms with Crippen molar-refractivity contribution in [2.45, 2.75) is 44.7 Å². The molecule has 2 fully saturated rings. The maximum absolute atomic E-state index is 12.3. The number of hydrogen-bond donors (Lipinski definition) is 0. The van der Waals surface area contributed by atoms with Crippen molar-refractivity contribution in [1.82, 2.24) is 24.0 Å². The lowest BCUT2D eigenvalue weighted by Gasteiger charge is -2.31. The van der Waals surface area contributed by atoms with Gasteiger partial charge in [-0.15, -0.1) is 0 Å². The van der Waals surface area contributed by atoms with Gasteiger partial charge in [0.15, 0.2) is 0 Å². The summed E-state index contributed by atoms with van der Waals surface area (Å²) in [6, 6.07) is 3.33. The summed E-state index contributed by atoms with van der Waals surface area (Å²) in [5.74, 6) is 1.01. The van der Waals surface area contributed by atoms with E-state index in [2.05, 4.69) is 14.9 Å². The van der Waals surface area contributed by atoms with E-state index in [4.69, 9.17) is 0 Å². The van der Waals surface area contributed by atoms with Crippen LogP contribution in [0.2, 0.25) is 0 Å². The van der Waals surface area contributed by atoms with Crippen LogP contribution in [0.5, 0.6) is 0 Å². The molecule has 1 saturated carbocycles. The predicted molar refractivity (Wildman–Crippen MR) is 98.0 cm³/mol. The van der Waals surface area contributed by atoms with Gasteiger partial charge in [-0.05, 0) is 44.7 Å². The fraction of sp³-hybridized carbons (Fsp3) is 0.579. The van der Waals surface area contributed by atoms with Crippen LogP contribution in [0, 0.1) is 5.92 Å². The third-order valence-corrected chi connectivity index (χ3v) is 5.48. The van der Waals surface area contributed by atoms with Crippen LogP contribution in [0.4, 0.5) is 0 Å². The first-order valence-electron chi connectivity index (χ1n) is 9.39. The van der Waals surface area contributed by atoms with Gasteiger partial charge in [-0.25, -0.2) is 9.97 Å². The molecule has 0 spiro atoms. The predicted octanol–water partition coefficient (Wildman–Crippen LogP) is 1.13. The van der Waals surface area contributed by atoms with Gasteiger partial charge in [-0.1, -0.05) is 0 Å². The Hall–Kier alpha value is -2.28. The number of hydrogen-bond acceptors (Lipinski definition) is 5. The van der Waals surface area contributed by atoms with Crippen LogP contribution in [0.15, 0.2) is 34.4 Å². The molecular weight excluding hydrogens is 330 g/mol. The minimum Gasteiger partial charge on any atom is -0.302 e. The van der Waals surface area contributed by atoms with E-state index >= 15 is 0 Å². The van der Waals surface area contributed by atoms with Crippen molar-refractivity contribution >= 4 is 0 Å². The summed E-state index contributed by atoms with van der Waals surface area (Å²) in [5.41, 5.74) is 1.84. The van der Waals surface area contributed by atoms with E-state index in [1.807, 2.05) is 0 Å². The van der Waals surface area contributed by atoms with E-state index in [9.17, 15) is 9.59 Å². The van der Waals surface area contributed by atoms with Crippen LogP contribution in [-0.2, 0) is 20.1 Å². The van der Waals surface area contributed by atoms with Gasteiger partial charge in [-0.2, -0.15) is 0 Å². The molecule has 2 aromatic rings. The van der Waals surface area contributed by atoms with Crippen molar-refractivity contribution in [3.8, 4) is 0 Å². The van der Waals surface area contributed by atoms with Gasteiger partial charge >= 0.3 is 0 Å². The molecule has 0 aromatic carbocycles. The van der Waals surface area contributed by atoms with E-state index in [0.29, 0.717) is 18.4 Å². The number of likely N-dealkylation sites (tertiary alicyclic amines) is 1. The summed E-state index contributed by atoms with van der Waals surface area (Å²) in [7, 11) is 1.71. The van der Waals surface area contributed by atoms with E-state index in [-0.39, 0.29) is 11.1 Å². The van der Waals surface area contributed by atoms with Crippen LogP contribution in [0.25, 0.3) is 0 Å². The molecule has 3 heterocycles. The van der Waals surface area contributed by atoms with Crippen molar-refractivity contribution in [3.05, 3.63) is 56.9 Å². The highest BCUT2D eigenvalue weighted by atomic mass is 16.1. The van der Waals surface area contributed by atoms with Crippen molar-refractivity contribution in [2.24, 2.45) is 13.0 Å². The smallest absolute Gasteiger partial charge is 0.253 e. The SMILES string of the molecule is Cn1cnc(CN2CCC(Cn3cnc(C4CC4)cc3=O)CC2)cc1=O. The zero-order valence-corrected chi connectivity index (χ0v) is 15.2. The lowest BCUT2D eigenvalue weighted by molar-refractivity contribution is 0.164. The first-order chi connectivity index (χ1) is 12.6. The lowest BCUT2D eigenvalue weighted by Crippen LogP contribution is -2.36. The number of aromatic nitrogens is 4. The molecule has 7 heteroatoms. The molecule has 0 N–H and O–H groups in total. The van der Waals surface area contributed by atoms with Gasteiger partial charge < -0.3 is 4.57 Å². The topological polar surface area (TPSA) is 73.0 Å². The average molecular weight is 355 g/mol. The highest BCUT2D eigenvalue weighted by molar-refractivity contribution is 5.12. The van der Waals surface area contributed by atoms with Crippen molar-refractivity contribution in [3.63, 3.8) is 0 Å². The Kier molecular flexibility index (Phi) is 4.72. The van der Waals surface area contributed by atoms with Crippen molar-refractivity contribution in [2.75, 3.05) is 13.1 Å². The first kappa shape index (κ1) is 17.1. The van der Waals surface area contributed by atoms with E-state index in [1.165, 1.54) is 4.57 Å². The molecule has 2 aromatic heterocycles. The Morgan fingerprint density at radius 2 is 1.77 bits per heavy atom. The Bertz CT molecular complexity index is 891. The molecule has 0 amide bonds. The Labute approximate surface area is 152 Å². The number of aryl methyl sites for hydroxylation is 1. The third-order valence-electron chi connectivity index (χ3n) is 5.48. The zero-order chi connectivity index (χ0) is 18.1. The van der Waals surface area contributed by atoms with Gasteiger partial charge in [0.25, 0.3) is 11.1 Å². The minimum absolute atomic E-state index is 0.0218. The highest BCUT2D eigenvalue weighted by Gasteiger charge is 2.26. The molecule has 7 nitrogen and oxygen atoms in total. The zero-order valence-electron chi connectivity index (χ0n) is 15.2. The van der Waals surface area contributed by atoms with Crippen LogP contribution in [-0.4, -0.2) is 37.1 Å². The maximum atomic E-state index is 12.3. The van der Waals surface area contributed by atoms with E-state index in [0.717, 1.165) is 56.7 Å². The summed E-state index contributed by atoms with van der Waals surface area (Å²) in [6.45, 7) is 3.38. The monoisotopic (exact) mass is 355 g/mol. The molecule has 138 valence electrons. The standard InChI is InChI=1S/C19H25N5O2/c1-22-12-20-16(8-18(22)25)11-23-6-4-14(5-7-23)10-24-13-21-17(9-19(24)26)15-2-3-15/h8-9,12-15H,2-7,10-11H2,1H3. The fourth-order valence-electron chi connectivity index (χ4n) is 3.60. The number of piperidine rings is 1. The molecule has 1 saturated heterocycles. The second-order valence-corrected chi connectivity index (χ2v) is 7.63. The lowest BCUT2D eigenvalue weighted by atomic mass is 9.96. The van der Waals surface area contributed by atoms with Crippen molar-refractivity contribution in [1.29, 1.82) is 0 Å². The molecule has 0 bridgehead atoms. The highest BCUT2D eigenvalue weighted by Crippen LogP contribution is 2.38. The van der Waals surface area contributed by atoms with Gasteiger partial charge in [0.05, 0.1) is 24.0 Å². The summed E-state index contributed by atoms with van der Waals surface area (Å²) in [6.07, 6.45) is 7.72. The second kappa shape index (κ2) is 7.15. The molecule has 1 aliphatic heterocycles. The summed E-state index contributed by atoms with van der Waals surface area (Å²) in [5, 5.41) is 0. The molecule has 2 aliphatic rings. The Balaban J connectivity index is 1.31. The number of rotatable bonds is 5. The van der Waals surface area contributed by atoms with Crippen LogP contribution < -0.4 is 11.1 Å². The van der Waals surface area contributed by atoms with E-state index in [1.54, 1.807) is 36.4 Å². The van der Waals surface area contributed by atoms with E-state index < -0.39 is 0 Å². The molecular formula is C19H25N5O2. The largest absolute Gasteiger partial charge is 0.302 e. The third kappa shape index (κ3) is 3.93. The molecule has 4 rings (SSSR count). The second-order valence-electron chi connectivity index (χ2n) is 7.63. The van der Waals surface area contributed by atoms with Crippen LogP contribution in [0.1, 0.15) is 43.0 Å². The molecule has 26 heavy (non-hydrogen) atoms. The van der Waals surface area contributed by atoms with Crippen molar-refractivity contribution < 1.29 is 0 Å². The fourth-order valence-corrected chi connectivity index (χ4v) is 3.60. The molecule has 0 radical (unpaired) electrons. The number of nitrogens with zero attached hydrogens (tertiary/aromatic N) is 5. The first-order valence-corrected chi connectivity index (χ1v) is 9.39. The normalized spacial score (nSPS) is 19.0. The van der Waals surface area contributed by atoms with Gasteiger partial charge in [-0.3, -0.25) is 19.1 Å². The van der Waals surface area contributed by atoms with Gasteiger partial charge in [0.2, 0.25) is 0 Å². The summed E-state index contributed by atoms with van der Waals surface area (Å²) < 4.78 is 3.24. The maximum Gasteiger partial charge on any atom is 0.253 e. The van der Waals surface area contributed by atoms with Gasteiger partial charge in [0, 0.05) is 38.2 Å². The molecule has 0 unspecified atom stereocenters. The van der Waals surface area contributed by atoms with Crippen LogP contribution in [0.3, 0.4) is 0 Å². The molecule has 0 atom stereocenters. The summed E-state index contributed by atoms with van der Waals surface area (Å²) >= 11 is 0. The Morgan fingerprint density at radius 3 is 2.42 bits per heavy atom. The molecule has 1 aliphatic carbocycles. The minimum atomic E-state index is -0.0218. The average Bonchev–Trinajstić information content (AvgIpc) is 3.47. The Morgan fingerprint density at radius 1 is 1.00 bits per heavy atom. The van der Waals surface area contributed by atoms with Crippen LogP contribution >= 0.6 is 0 Å². The quantitative estimate of drug-likeness (QED) is 0.804. The van der Waals surface area contributed by atoms with Gasteiger partial charge in [0.1, 0.15) is 0 Å². The summed E-state index contributed by atoms with van der Waals surface area (Å²) in [4.78, 5) is 35.1.